The van der Waals surface area contributed by atoms with Gasteiger partial charge in [0.15, 0.2) is 0 Å². The molecule has 0 aromatic heterocycles. The molecule has 1 aliphatic rings. The van der Waals surface area contributed by atoms with E-state index in [0.29, 0.717) is 0 Å². The van der Waals surface area contributed by atoms with Crippen LogP contribution >= 0.6 is 0 Å². The van der Waals surface area contributed by atoms with Gasteiger partial charge in [0.1, 0.15) is 11.6 Å². The molecular weight excluding hydrogens is 290 g/mol. The first-order valence-corrected chi connectivity index (χ1v) is 7.18. The third kappa shape index (κ3) is 3.90. The van der Waals surface area contributed by atoms with Crippen molar-refractivity contribution in [3.05, 3.63) is 72.2 Å². The van der Waals surface area contributed by atoms with E-state index < -0.39 is 0 Å². The Kier molecular flexibility index (Phi) is 5.38. The van der Waals surface area contributed by atoms with Gasteiger partial charge >= 0.3 is 0 Å². The van der Waals surface area contributed by atoms with Crippen molar-refractivity contribution in [2.75, 3.05) is 19.1 Å². The number of benzene rings is 1. The number of hydroxylamine groups is 1. The number of anilines is 1. The summed E-state index contributed by atoms with van der Waals surface area (Å²) in [6.07, 6.45) is 7.71. The molecule has 1 aromatic carbocycles. The first-order valence-electron chi connectivity index (χ1n) is 7.18. The Hall–Kier alpha value is -2.79. The van der Waals surface area contributed by atoms with Gasteiger partial charge in [0.25, 0.3) is 0 Å². The van der Waals surface area contributed by atoms with Gasteiger partial charge in [-0.15, -0.1) is 0 Å². The Balaban J connectivity index is 2.36. The van der Waals surface area contributed by atoms with Gasteiger partial charge in [0.05, 0.1) is 12.8 Å². The first kappa shape index (κ1) is 16.6. The Morgan fingerprint density at radius 3 is 2.48 bits per heavy atom. The predicted octanol–water partition coefficient (Wildman–Crippen LogP) is 3.42. The molecular formula is C18H21N3O2. The number of hydrogen-bond acceptors (Lipinski definition) is 5. The molecule has 5 nitrogen and oxygen atoms in total. The van der Waals surface area contributed by atoms with Crippen LogP contribution in [0.1, 0.15) is 6.92 Å². The van der Waals surface area contributed by atoms with E-state index in [1.54, 1.807) is 7.11 Å². The maximum Gasteiger partial charge on any atom is 0.142 e. The lowest BCUT2D eigenvalue weighted by Gasteiger charge is -2.23. The maximum atomic E-state index is 8.89. The number of allylic oxidation sites excluding steroid dienone is 6. The van der Waals surface area contributed by atoms with E-state index in [0.717, 1.165) is 28.4 Å². The average molecular weight is 311 g/mol. The summed E-state index contributed by atoms with van der Waals surface area (Å²) in [5, 5.41) is 8.89. The first-order chi connectivity index (χ1) is 11.1. The largest absolute Gasteiger partial charge is 0.497 e. The van der Waals surface area contributed by atoms with E-state index >= 15 is 0 Å². The van der Waals surface area contributed by atoms with Gasteiger partial charge in [-0.3, -0.25) is 10.7 Å². The molecule has 120 valence electrons. The monoisotopic (exact) mass is 311 g/mol. The average Bonchev–Trinajstić information content (AvgIpc) is 2.61. The highest BCUT2D eigenvalue weighted by Gasteiger charge is 2.13. The minimum absolute atomic E-state index is 0.192. The molecule has 0 heterocycles. The molecule has 2 rings (SSSR count). The normalized spacial score (nSPS) is 17.1. The lowest BCUT2D eigenvalue weighted by Crippen LogP contribution is -2.19. The summed E-state index contributed by atoms with van der Waals surface area (Å²) in [5.74, 6) is 1.01. The molecule has 2 N–H and O–H groups in total. The second-order valence-electron chi connectivity index (χ2n) is 5.03. The van der Waals surface area contributed by atoms with E-state index in [-0.39, 0.29) is 5.82 Å². The highest BCUT2D eigenvalue weighted by atomic mass is 16.5. The number of rotatable bonds is 5. The lowest BCUT2D eigenvalue weighted by atomic mass is 10.0. The summed E-state index contributed by atoms with van der Waals surface area (Å²) >= 11 is 0. The SMILES string of the molecule is C=C(/N=C1/C=CC=C/C1=C(/C)N(C)c1ccc(OC)cc1)NO. The zero-order chi connectivity index (χ0) is 16.8. The van der Waals surface area contributed by atoms with Crippen LogP contribution in [0, 0.1) is 0 Å². The zero-order valence-corrected chi connectivity index (χ0v) is 13.6. The van der Waals surface area contributed by atoms with E-state index in [2.05, 4.69) is 16.5 Å². The lowest BCUT2D eigenvalue weighted by molar-refractivity contribution is 0.200. The van der Waals surface area contributed by atoms with Crippen LogP contribution in [0.15, 0.2) is 77.2 Å². The van der Waals surface area contributed by atoms with Crippen LogP contribution in [0.25, 0.3) is 0 Å². The molecule has 1 aromatic rings. The Bertz CT molecular complexity index is 697. The minimum atomic E-state index is 0.192. The predicted molar refractivity (Wildman–Crippen MR) is 93.9 cm³/mol. The van der Waals surface area contributed by atoms with Gasteiger partial charge in [-0.25, -0.2) is 4.99 Å². The molecule has 0 saturated heterocycles. The molecule has 0 unspecified atom stereocenters. The molecule has 0 bridgehead atoms. The third-order valence-corrected chi connectivity index (χ3v) is 3.64. The molecule has 0 fully saturated rings. The van der Waals surface area contributed by atoms with Crippen molar-refractivity contribution in [2.24, 2.45) is 4.99 Å². The Labute approximate surface area is 136 Å². The smallest absolute Gasteiger partial charge is 0.142 e. The fourth-order valence-corrected chi connectivity index (χ4v) is 2.23. The molecule has 0 saturated carbocycles. The fraction of sp³-hybridized carbons (Fsp3) is 0.167. The van der Waals surface area contributed by atoms with Crippen molar-refractivity contribution < 1.29 is 9.94 Å². The number of hydrogen-bond donors (Lipinski definition) is 2. The van der Waals surface area contributed by atoms with Crippen molar-refractivity contribution >= 4 is 11.4 Å². The van der Waals surface area contributed by atoms with Gasteiger partial charge in [-0.2, -0.15) is 0 Å². The van der Waals surface area contributed by atoms with E-state index in [1.165, 1.54) is 0 Å². The topological polar surface area (TPSA) is 57.1 Å². The van der Waals surface area contributed by atoms with Crippen molar-refractivity contribution in [3.63, 3.8) is 0 Å². The summed E-state index contributed by atoms with van der Waals surface area (Å²) in [6.45, 7) is 5.65. The Morgan fingerprint density at radius 2 is 1.87 bits per heavy atom. The number of aliphatic imine (C=N–C) groups is 1. The second-order valence-corrected chi connectivity index (χ2v) is 5.03. The van der Waals surface area contributed by atoms with Gasteiger partial charge in [0.2, 0.25) is 0 Å². The van der Waals surface area contributed by atoms with Crippen LogP contribution in [0.4, 0.5) is 5.69 Å². The van der Waals surface area contributed by atoms with Crippen LogP contribution in [-0.4, -0.2) is 25.1 Å². The van der Waals surface area contributed by atoms with Crippen molar-refractivity contribution in [1.29, 1.82) is 0 Å². The molecule has 1 aliphatic carbocycles. The molecule has 0 radical (unpaired) electrons. The van der Waals surface area contributed by atoms with Crippen molar-refractivity contribution in [2.45, 2.75) is 6.92 Å². The minimum Gasteiger partial charge on any atom is -0.497 e. The quantitative estimate of drug-likeness (QED) is 0.818. The molecule has 23 heavy (non-hydrogen) atoms. The van der Waals surface area contributed by atoms with Gasteiger partial charge in [0, 0.05) is 24.0 Å². The fourth-order valence-electron chi connectivity index (χ4n) is 2.23. The Morgan fingerprint density at radius 1 is 1.22 bits per heavy atom. The van der Waals surface area contributed by atoms with Crippen molar-refractivity contribution in [3.8, 4) is 5.75 Å². The number of nitrogens with one attached hydrogen (secondary N) is 1. The molecule has 0 amide bonds. The summed E-state index contributed by atoms with van der Waals surface area (Å²) in [5.41, 5.74) is 5.72. The van der Waals surface area contributed by atoms with Crippen LogP contribution in [0.2, 0.25) is 0 Å². The highest BCUT2D eigenvalue weighted by molar-refractivity contribution is 6.12. The maximum absolute atomic E-state index is 8.89. The van der Waals surface area contributed by atoms with Gasteiger partial charge in [-0.1, -0.05) is 24.8 Å². The standard InChI is InChI=1S/C18H21N3O2/c1-13(21(3)15-9-11-16(23-4)12-10-15)17-7-5-6-8-18(17)19-14(2)20-22/h5-12,20,22H,2H2,1,3-4H3/b17-13+,19-18-. The number of methoxy groups -OCH3 is 1. The third-order valence-electron chi connectivity index (χ3n) is 3.64. The summed E-state index contributed by atoms with van der Waals surface area (Å²) in [4.78, 5) is 6.35. The molecule has 0 atom stereocenters. The number of nitrogens with zero attached hydrogens (tertiary/aromatic N) is 2. The van der Waals surface area contributed by atoms with Crippen LogP contribution in [0.5, 0.6) is 5.75 Å². The van der Waals surface area contributed by atoms with Crippen LogP contribution in [0.3, 0.4) is 0 Å². The van der Waals surface area contributed by atoms with E-state index in [9.17, 15) is 0 Å². The van der Waals surface area contributed by atoms with E-state index in [1.807, 2.05) is 68.0 Å². The van der Waals surface area contributed by atoms with E-state index in [4.69, 9.17) is 9.94 Å². The summed E-state index contributed by atoms with van der Waals surface area (Å²) in [7, 11) is 3.64. The summed E-state index contributed by atoms with van der Waals surface area (Å²) < 4.78 is 5.19. The van der Waals surface area contributed by atoms with Gasteiger partial charge in [-0.05, 0) is 37.3 Å². The second kappa shape index (κ2) is 7.47. The van der Waals surface area contributed by atoms with Gasteiger partial charge < -0.3 is 9.64 Å². The summed E-state index contributed by atoms with van der Waals surface area (Å²) in [6, 6.07) is 7.84. The molecule has 0 aliphatic heterocycles. The van der Waals surface area contributed by atoms with Crippen LogP contribution in [-0.2, 0) is 0 Å². The highest BCUT2D eigenvalue weighted by Crippen LogP contribution is 2.24. The van der Waals surface area contributed by atoms with Crippen molar-refractivity contribution in [1.82, 2.24) is 5.48 Å². The molecule has 5 heteroatoms. The number of ether oxygens (including phenoxy) is 1. The van der Waals surface area contributed by atoms with Crippen LogP contribution < -0.4 is 15.1 Å². The molecule has 0 spiro atoms. The zero-order valence-electron chi connectivity index (χ0n) is 13.6.